The third kappa shape index (κ3) is 12.1. The number of hydrogen-bond donors (Lipinski definition) is 1. The van der Waals surface area contributed by atoms with E-state index in [4.69, 9.17) is 15.0 Å². The molecule has 61 valence electrons. The van der Waals surface area contributed by atoms with Crippen molar-refractivity contribution >= 4 is 5.97 Å². The van der Waals surface area contributed by atoms with E-state index in [9.17, 15) is 0 Å². The normalized spacial score (nSPS) is 7.08. The predicted octanol–water partition coefficient (Wildman–Crippen LogP) is 0.146. The van der Waals surface area contributed by atoms with E-state index < -0.39 is 5.97 Å². The van der Waals surface area contributed by atoms with E-state index in [1.54, 1.807) is 24.3 Å². The van der Waals surface area contributed by atoms with Gasteiger partial charge in [-0.05, 0) is 19.1 Å². The molecule has 0 fully saturated rings. The van der Waals surface area contributed by atoms with Crippen LogP contribution in [0.25, 0.3) is 0 Å². The zero-order chi connectivity index (χ0) is 8.69. The molecule has 0 aliphatic heterocycles. The van der Waals surface area contributed by atoms with Crippen LogP contribution in [0.15, 0.2) is 30.3 Å². The van der Waals surface area contributed by atoms with E-state index in [1.807, 2.05) is 6.07 Å². The fourth-order valence-electron chi connectivity index (χ4n) is 0.428. The first kappa shape index (κ1) is 14.0. The van der Waals surface area contributed by atoms with Crippen LogP contribution in [0.5, 0.6) is 5.75 Å². The molecule has 4 heteroatoms. The van der Waals surface area contributed by atoms with Crippen molar-refractivity contribution in [1.29, 1.82) is 0 Å². The fourth-order valence-corrected chi connectivity index (χ4v) is 0.428. The number of carboxylic acid groups (broad SMARTS) is 1. The molecular weight excluding hydrogens is 345 g/mol. The number of para-hydroxylation sites is 1. The molecule has 0 amide bonds. The van der Waals surface area contributed by atoms with Gasteiger partial charge in [0.2, 0.25) is 0 Å². The number of carboxylic acids is 1. The van der Waals surface area contributed by atoms with Gasteiger partial charge in [0.25, 0.3) is 0 Å². The molecule has 0 unspecified atom stereocenters. The number of phenolic OH excluding ortho intramolecular Hbond substituents is 1. The minimum Gasteiger partial charge on any atom is -0.550 e. The molecular formula is C8H9HgO3. The van der Waals surface area contributed by atoms with Crippen molar-refractivity contribution in [3.63, 3.8) is 0 Å². The first-order valence-corrected chi connectivity index (χ1v) is 3.04. The summed E-state index contributed by atoms with van der Waals surface area (Å²) in [6.07, 6.45) is 0. The molecule has 0 bridgehead atoms. The summed E-state index contributed by atoms with van der Waals surface area (Å²) in [4.78, 5) is 8.89. The third-order valence-corrected chi connectivity index (χ3v) is 0.756. The van der Waals surface area contributed by atoms with Gasteiger partial charge < -0.3 is 15.0 Å². The van der Waals surface area contributed by atoms with Crippen molar-refractivity contribution in [1.82, 2.24) is 0 Å². The van der Waals surface area contributed by atoms with Crippen LogP contribution in [0.1, 0.15) is 6.92 Å². The van der Waals surface area contributed by atoms with Crippen molar-refractivity contribution in [2.75, 3.05) is 0 Å². The molecule has 1 aromatic rings. The number of aromatic hydroxyl groups is 1. The van der Waals surface area contributed by atoms with Gasteiger partial charge in [-0.2, -0.15) is 0 Å². The van der Waals surface area contributed by atoms with Gasteiger partial charge in [-0.1, -0.05) is 18.2 Å². The zero-order valence-corrected chi connectivity index (χ0v) is 12.4. The zero-order valence-electron chi connectivity index (χ0n) is 6.86. The van der Waals surface area contributed by atoms with E-state index in [0.717, 1.165) is 6.92 Å². The van der Waals surface area contributed by atoms with E-state index in [2.05, 4.69) is 0 Å². The summed E-state index contributed by atoms with van der Waals surface area (Å²) in [6.45, 7) is 0.972. The summed E-state index contributed by atoms with van der Waals surface area (Å²) in [5, 5.41) is 17.5. The maximum atomic E-state index is 8.89. The molecule has 0 aliphatic carbocycles. The molecule has 0 saturated heterocycles. The summed E-state index contributed by atoms with van der Waals surface area (Å²) < 4.78 is 0. The number of phenols is 1. The third-order valence-electron chi connectivity index (χ3n) is 0.756. The minimum atomic E-state index is -1.08. The van der Waals surface area contributed by atoms with Crippen molar-refractivity contribution < 1.29 is 42.7 Å². The Labute approximate surface area is 91.5 Å². The Balaban J connectivity index is 0. The quantitative estimate of drug-likeness (QED) is 0.675. The molecule has 1 N–H and O–H groups in total. The molecule has 1 rings (SSSR count). The molecule has 0 spiro atoms. The summed E-state index contributed by atoms with van der Waals surface area (Å²) >= 11 is 0. The number of benzene rings is 1. The molecule has 1 aromatic carbocycles. The van der Waals surface area contributed by atoms with Crippen molar-refractivity contribution in [3.8, 4) is 5.75 Å². The Morgan fingerprint density at radius 1 is 1.33 bits per heavy atom. The summed E-state index contributed by atoms with van der Waals surface area (Å²) in [5.41, 5.74) is 0. The van der Waals surface area contributed by atoms with E-state index >= 15 is 0 Å². The summed E-state index contributed by atoms with van der Waals surface area (Å²) in [7, 11) is 0. The number of carbonyl (C=O) groups is 1. The van der Waals surface area contributed by atoms with E-state index in [1.165, 1.54) is 0 Å². The maximum Gasteiger partial charge on any atom is 1.00 e. The molecule has 0 saturated carbocycles. The second kappa shape index (κ2) is 8.52. The summed E-state index contributed by atoms with van der Waals surface area (Å²) in [6, 6.07) is 8.71. The van der Waals surface area contributed by atoms with Crippen LogP contribution in [0.2, 0.25) is 0 Å². The van der Waals surface area contributed by atoms with Crippen LogP contribution in [-0.2, 0) is 32.5 Å². The number of hydrogen-bond acceptors (Lipinski definition) is 3. The van der Waals surface area contributed by atoms with Crippen molar-refractivity contribution in [2.24, 2.45) is 0 Å². The Hall–Kier alpha value is -0.575. The molecule has 12 heavy (non-hydrogen) atoms. The average molecular weight is 354 g/mol. The van der Waals surface area contributed by atoms with Crippen LogP contribution >= 0.6 is 0 Å². The molecule has 0 aromatic heterocycles. The van der Waals surface area contributed by atoms with Crippen LogP contribution < -0.4 is 5.11 Å². The van der Waals surface area contributed by atoms with Crippen LogP contribution in [0, 0.1) is 0 Å². The largest absolute Gasteiger partial charge is 1.00 e. The van der Waals surface area contributed by atoms with Gasteiger partial charge in [0.15, 0.2) is 0 Å². The van der Waals surface area contributed by atoms with Gasteiger partial charge in [0.1, 0.15) is 5.75 Å². The molecule has 1 radical (unpaired) electrons. The van der Waals surface area contributed by atoms with Gasteiger partial charge >= 0.3 is 27.7 Å². The standard InChI is InChI=1S/C6H6O.C2H4O2.Hg/c7-6-4-2-1-3-5-6;1-2(3)4;/h1-5,7H;1H3,(H,3,4);/q;;+1/p-1. The molecule has 3 nitrogen and oxygen atoms in total. The number of rotatable bonds is 0. The van der Waals surface area contributed by atoms with Gasteiger partial charge in [0.05, 0.1) is 0 Å². The van der Waals surface area contributed by atoms with Gasteiger partial charge in [-0.3, -0.25) is 0 Å². The van der Waals surface area contributed by atoms with Gasteiger partial charge in [0, 0.05) is 5.97 Å². The topological polar surface area (TPSA) is 60.4 Å². The van der Waals surface area contributed by atoms with Crippen LogP contribution in [-0.4, -0.2) is 11.1 Å². The fraction of sp³-hybridized carbons (Fsp3) is 0.125. The monoisotopic (exact) mass is 355 g/mol. The number of carbonyl (C=O) groups excluding carboxylic acids is 1. The van der Waals surface area contributed by atoms with Crippen LogP contribution in [0.4, 0.5) is 0 Å². The van der Waals surface area contributed by atoms with Crippen molar-refractivity contribution in [3.05, 3.63) is 30.3 Å². The Kier molecular flexibility index (Phi) is 9.93. The van der Waals surface area contributed by atoms with E-state index in [0.29, 0.717) is 5.75 Å². The van der Waals surface area contributed by atoms with Gasteiger partial charge in [-0.25, -0.2) is 0 Å². The predicted molar refractivity (Wildman–Crippen MR) is 38.8 cm³/mol. The Morgan fingerprint density at radius 3 is 1.83 bits per heavy atom. The average Bonchev–Trinajstić information content (AvgIpc) is 1.87. The van der Waals surface area contributed by atoms with Gasteiger partial charge in [-0.15, -0.1) is 0 Å². The molecule has 0 heterocycles. The molecule has 0 atom stereocenters. The minimum absolute atomic E-state index is 0. The number of aliphatic carboxylic acids is 1. The first-order valence-electron chi connectivity index (χ1n) is 3.04. The van der Waals surface area contributed by atoms with E-state index in [-0.39, 0.29) is 27.7 Å². The molecule has 0 aliphatic rings. The smallest absolute Gasteiger partial charge is 0.550 e. The Bertz CT molecular complexity index is 207. The Morgan fingerprint density at radius 2 is 1.67 bits per heavy atom. The summed E-state index contributed by atoms with van der Waals surface area (Å²) in [5.74, 6) is -0.762. The second-order valence-electron chi connectivity index (χ2n) is 1.83. The second-order valence-corrected chi connectivity index (χ2v) is 1.83. The first-order chi connectivity index (χ1) is 5.13. The van der Waals surface area contributed by atoms with Crippen LogP contribution in [0.3, 0.4) is 0 Å². The maximum absolute atomic E-state index is 8.89. The van der Waals surface area contributed by atoms with Crippen molar-refractivity contribution in [2.45, 2.75) is 6.92 Å². The SMILES string of the molecule is CC(=O)[O-].Oc1ccccc1.[Hg+].